The van der Waals surface area contributed by atoms with Crippen molar-refractivity contribution in [3.63, 3.8) is 0 Å². The van der Waals surface area contributed by atoms with Crippen LogP contribution < -0.4 is 0 Å². The van der Waals surface area contributed by atoms with Crippen molar-refractivity contribution in [1.29, 1.82) is 0 Å². The largest absolute Gasteiger partial charge is 0.238 e. The van der Waals surface area contributed by atoms with Crippen LogP contribution in [0.2, 0.25) is 0 Å². The predicted octanol–water partition coefficient (Wildman–Crippen LogP) is 1.51. The molecular weight excluding hydrogens is 83.0 g/mol. The molecular formula is C4H8FO. The van der Waals surface area contributed by atoms with Crippen molar-refractivity contribution in [2.45, 2.75) is 26.1 Å². The summed E-state index contributed by atoms with van der Waals surface area (Å²) in [4.78, 5) is 0. The number of hydrogen-bond donors (Lipinski definition) is 0. The molecule has 6 heavy (non-hydrogen) atoms. The minimum absolute atomic E-state index is 0.0486. The maximum atomic E-state index is 11.6. The Kier molecular flexibility index (Phi) is 1.53. The molecule has 0 saturated carbocycles. The number of alkyl halides is 1. The summed E-state index contributed by atoms with van der Waals surface area (Å²) in [5.74, 6) is -2.21. The van der Waals surface area contributed by atoms with Crippen LogP contribution in [0.4, 0.5) is 4.39 Å². The molecule has 1 nitrogen and oxygen atoms in total. The van der Waals surface area contributed by atoms with Gasteiger partial charge in [-0.3, -0.25) is 0 Å². The summed E-state index contributed by atoms with van der Waals surface area (Å²) in [6, 6.07) is 0. The summed E-state index contributed by atoms with van der Waals surface area (Å²) in [5, 5.41) is 9.81. The lowest BCUT2D eigenvalue weighted by molar-refractivity contribution is -0.127. The van der Waals surface area contributed by atoms with E-state index in [0.717, 1.165) is 6.92 Å². The van der Waals surface area contributed by atoms with Crippen LogP contribution >= 0.6 is 0 Å². The molecule has 0 fully saturated rings. The van der Waals surface area contributed by atoms with Crippen LogP contribution in [0.15, 0.2) is 0 Å². The van der Waals surface area contributed by atoms with Gasteiger partial charge in [0.15, 0.2) is 0 Å². The summed E-state index contributed by atoms with van der Waals surface area (Å²) in [6.07, 6.45) is 0.0486. The van der Waals surface area contributed by atoms with Crippen LogP contribution in [0, 0.1) is 0 Å². The topological polar surface area (TPSA) is 19.9 Å². The number of halogens is 1. The van der Waals surface area contributed by atoms with Gasteiger partial charge >= 0.3 is 0 Å². The maximum absolute atomic E-state index is 11.6. The second-order valence-electron chi connectivity index (χ2n) is 1.46. The highest BCUT2D eigenvalue weighted by molar-refractivity contribution is 4.48. The van der Waals surface area contributed by atoms with E-state index in [1.54, 1.807) is 0 Å². The van der Waals surface area contributed by atoms with E-state index in [1.807, 2.05) is 0 Å². The molecule has 2 heteroatoms. The molecule has 0 heterocycles. The minimum Gasteiger partial charge on any atom is -0.210 e. The molecule has 0 N–H and O–H groups in total. The van der Waals surface area contributed by atoms with Gasteiger partial charge in [0.05, 0.1) is 0 Å². The summed E-state index contributed by atoms with van der Waals surface area (Å²) in [6.45, 7) is 2.54. The summed E-state index contributed by atoms with van der Waals surface area (Å²) in [5.41, 5.74) is 0. The van der Waals surface area contributed by atoms with Gasteiger partial charge in [0.25, 0.3) is 0 Å². The molecule has 0 spiro atoms. The maximum Gasteiger partial charge on any atom is 0.238 e. The van der Waals surface area contributed by atoms with Gasteiger partial charge in [-0.05, 0) is 6.92 Å². The molecule has 37 valence electrons. The molecule has 0 aliphatic carbocycles. The van der Waals surface area contributed by atoms with Crippen LogP contribution in [-0.2, 0) is 5.11 Å². The van der Waals surface area contributed by atoms with Gasteiger partial charge in [-0.2, -0.15) is 5.11 Å². The van der Waals surface area contributed by atoms with E-state index in [9.17, 15) is 9.50 Å². The lowest BCUT2D eigenvalue weighted by atomic mass is 10.3. The Morgan fingerprint density at radius 1 is 1.83 bits per heavy atom. The van der Waals surface area contributed by atoms with Crippen molar-refractivity contribution in [1.82, 2.24) is 0 Å². The average Bonchev–Trinajstić information content (AvgIpc) is 1.35. The zero-order valence-corrected chi connectivity index (χ0v) is 3.99. The molecule has 0 bridgehead atoms. The molecule has 1 atom stereocenters. The van der Waals surface area contributed by atoms with Crippen LogP contribution in [0.1, 0.15) is 20.3 Å². The average molecular weight is 91.1 g/mol. The Balaban J connectivity index is 3.17. The van der Waals surface area contributed by atoms with E-state index in [-0.39, 0.29) is 6.42 Å². The quantitative estimate of drug-likeness (QED) is 0.466. The first kappa shape index (κ1) is 5.89. The Bertz CT molecular complexity index is 37.3. The third kappa shape index (κ3) is 3.89. The lowest BCUT2D eigenvalue weighted by Crippen LogP contribution is -2.10. The molecule has 0 aliphatic rings. The molecule has 1 unspecified atom stereocenters. The fourth-order valence-electron chi connectivity index (χ4n) is 0. The second kappa shape index (κ2) is 1.56. The van der Waals surface area contributed by atoms with Crippen LogP contribution in [0.25, 0.3) is 0 Å². The third-order valence-corrected chi connectivity index (χ3v) is 0.632. The highest BCUT2D eigenvalue weighted by Crippen LogP contribution is 2.08. The first-order chi connectivity index (χ1) is 2.56. The molecule has 0 amide bonds. The van der Waals surface area contributed by atoms with Gasteiger partial charge in [-0.15, -0.1) is 0 Å². The van der Waals surface area contributed by atoms with E-state index in [1.165, 1.54) is 6.92 Å². The van der Waals surface area contributed by atoms with Crippen molar-refractivity contribution >= 4 is 0 Å². The monoisotopic (exact) mass is 91.1 g/mol. The Labute approximate surface area is 36.8 Å². The SMILES string of the molecule is CCC(C)([O])F. The van der Waals surface area contributed by atoms with Gasteiger partial charge in [-0.25, -0.2) is 4.39 Å². The molecule has 1 radical (unpaired) electrons. The van der Waals surface area contributed by atoms with Crippen molar-refractivity contribution in [2.75, 3.05) is 0 Å². The highest BCUT2D eigenvalue weighted by atomic mass is 19.2. The van der Waals surface area contributed by atoms with Crippen molar-refractivity contribution in [3.8, 4) is 0 Å². The van der Waals surface area contributed by atoms with E-state index in [4.69, 9.17) is 0 Å². The van der Waals surface area contributed by atoms with Gasteiger partial charge in [0.1, 0.15) is 0 Å². The third-order valence-electron chi connectivity index (χ3n) is 0.632. The molecule has 0 aromatic carbocycles. The minimum atomic E-state index is -2.21. The summed E-state index contributed by atoms with van der Waals surface area (Å²) >= 11 is 0. The van der Waals surface area contributed by atoms with Crippen LogP contribution in [0.5, 0.6) is 0 Å². The van der Waals surface area contributed by atoms with E-state index < -0.39 is 5.85 Å². The summed E-state index contributed by atoms with van der Waals surface area (Å²) in [7, 11) is 0. The first-order valence-electron chi connectivity index (χ1n) is 1.95. The Morgan fingerprint density at radius 2 is 2.00 bits per heavy atom. The first-order valence-corrected chi connectivity index (χ1v) is 1.95. The Hall–Kier alpha value is -0.110. The van der Waals surface area contributed by atoms with Crippen molar-refractivity contribution < 1.29 is 9.50 Å². The molecule has 0 saturated heterocycles. The van der Waals surface area contributed by atoms with Crippen LogP contribution in [-0.4, -0.2) is 5.85 Å². The number of hydrogen-bond acceptors (Lipinski definition) is 0. The standard InChI is InChI=1S/C4H8FO/c1-3-4(2,5)6/h3H2,1-2H3. The summed E-state index contributed by atoms with van der Waals surface area (Å²) < 4.78 is 11.6. The van der Waals surface area contributed by atoms with E-state index >= 15 is 0 Å². The second-order valence-corrected chi connectivity index (χ2v) is 1.46. The van der Waals surface area contributed by atoms with Gasteiger partial charge in [0.2, 0.25) is 5.85 Å². The van der Waals surface area contributed by atoms with Gasteiger partial charge < -0.3 is 0 Å². The lowest BCUT2D eigenvalue weighted by Gasteiger charge is -2.02. The van der Waals surface area contributed by atoms with Gasteiger partial charge in [-0.1, -0.05) is 6.92 Å². The van der Waals surface area contributed by atoms with Crippen molar-refractivity contribution in [2.24, 2.45) is 0 Å². The smallest absolute Gasteiger partial charge is 0.210 e. The van der Waals surface area contributed by atoms with E-state index in [0.29, 0.717) is 0 Å². The Morgan fingerprint density at radius 3 is 2.00 bits per heavy atom. The highest BCUT2D eigenvalue weighted by Gasteiger charge is 2.15. The molecule has 0 aromatic heterocycles. The van der Waals surface area contributed by atoms with E-state index in [2.05, 4.69) is 0 Å². The molecule has 0 aromatic rings. The van der Waals surface area contributed by atoms with Crippen LogP contribution in [0.3, 0.4) is 0 Å². The normalized spacial score (nSPS) is 20.0. The fourth-order valence-corrected chi connectivity index (χ4v) is 0. The zero-order valence-electron chi connectivity index (χ0n) is 3.99. The van der Waals surface area contributed by atoms with Crippen molar-refractivity contribution in [3.05, 3.63) is 0 Å². The molecule has 0 rings (SSSR count). The molecule has 0 aliphatic heterocycles. The van der Waals surface area contributed by atoms with Gasteiger partial charge in [0, 0.05) is 6.42 Å². The fraction of sp³-hybridized carbons (Fsp3) is 1.00. The predicted molar refractivity (Wildman–Crippen MR) is 20.5 cm³/mol. The zero-order chi connectivity index (χ0) is 5.21. The number of rotatable bonds is 1.